The summed E-state index contributed by atoms with van der Waals surface area (Å²) in [6.45, 7) is 4.10. The highest BCUT2D eigenvalue weighted by atomic mass is 16.5. The highest BCUT2D eigenvalue weighted by Gasteiger charge is 2.32. The second-order valence-electron chi connectivity index (χ2n) is 4.95. The van der Waals surface area contributed by atoms with Crippen LogP contribution in [0.25, 0.3) is 10.9 Å². The number of nitrogens with zero attached hydrogens (tertiary/aromatic N) is 2. The third-order valence-electron chi connectivity index (χ3n) is 2.94. The third-order valence-corrected chi connectivity index (χ3v) is 2.94. The molecule has 0 radical (unpaired) electrons. The highest BCUT2D eigenvalue weighted by Crippen LogP contribution is 2.41. The maximum absolute atomic E-state index is 5.93. The molecule has 2 heterocycles. The molecule has 0 saturated carbocycles. The van der Waals surface area contributed by atoms with Crippen molar-refractivity contribution in [3.63, 3.8) is 0 Å². The molecule has 17 heavy (non-hydrogen) atoms. The van der Waals surface area contributed by atoms with Gasteiger partial charge in [0.1, 0.15) is 17.2 Å². The molecule has 1 aromatic carbocycles. The van der Waals surface area contributed by atoms with E-state index in [0.717, 1.165) is 28.6 Å². The van der Waals surface area contributed by atoms with Crippen molar-refractivity contribution in [2.24, 2.45) is 0 Å². The Labute approximate surface area is 98.8 Å². The zero-order chi connectivity index (χ0) is 12.2. The van der Waals surface area contributed by atoms with Crippen LogP contribution in [0.2, 0.25) is 0 Å². The molecule has 88 valence electrons. The van der Waals surface area contributed by atoms with E-state index in [2.05, 4.69) is 9.97 Å². The van der Waals surface area contributed by atoms with Gasteiger partial charge in [0.15, 0.2) is 0 Å². The summed E-state index contributed by atoms with van der Waals surface area (Å²) in [7, 11) is 0. The summed E-state index contributed by atoms with van der Waals surface area (Å²) in [4.78, 5) is 8.16. The Hall–Kier alpha value is -2.04. The Kier molecular flexibility index (Phi) is 1.79. The van der Waals surface area contributed by atoms with E-state index in [1.807, 2.05) is 26.0 Å². The van der Waals surface area contributed by atoms with Crippen LogP contribution in [-0.4, -0.2) is 15.6 Å². The normalized spacial score (nSPS) is 16.8. The van der Waals surface area contributed by atoms with Gasteiger partial charge in [-0.3, -0.25) is 0 Å². The fourth-order valence-electron chi connectivity index (χ4n) is 2.31. The van der Waals surface area contributed by atoms with Crippen LogP contribution in [0, 0.1) is 0 Å². The van der Waals surface area contributed by atoms with Crippen LogP contribution in [0.3, 0.4) is 0 Å². The SMILES string of the molecule is CC1(C)Cc2ccc3nc(N)nc(N)c3c2O1. The molecule has 1 aliphatic heterocycles. The predicted molar refractivity (Wildman–Crippen MR) is 66.8 cm³/mol. The Bertz CT molecular complexity index is 621. The molecule has 0 saturated heterocycles. The molecule has 0 aliphatic carbocycles. The van der Waals surface area contributed by atoms with Crippen LogP contribution in [-0.2, 0) is 6.42 Å². The predicted octanol–water partition coefficient (Wildman–Crippen LogP) is 1.51. The molecule has 0 spiro atoms. The van der Waals surface area contributed by atoms with Gasteiger partial charge >= 0.3 is 0 Å². The number of nitrogens with two attached hydrogens (primary N) is 2. The van der Waals surface area contributed by atoms with Crippen LogP contribution in [0.4, 0.5) is 11.8 Å². The standard InChI is InChI=1S/C12H14N4O/c1-12(2)5-6-3-4-7-8(9(6)17-12)10(13)16-11(14)15-7/h3-4H,5H2,1-2H3,(H4,13,14,15,16). The molecule has 0 bridgehead atoms. The molecule has 0 unspecified atom stereocenters. The summed E-state index contributed by atoms with van der Waals surface area (Å²) in [6, 6.07) is 3.92. The molecule has 0 amide bonds. The lowest BCUT2D eigenvalue weighted by molar-refractivity contribution is 0.140. The fraction of sp³-hybridized carbons (Fsp3) is 0.333. The summed E-state index contributed by atoms with van der Waals surface area (Å²) < 4.78 is 5.93. The van der Waals surface area contributed by atoms with Gasteiger partial charge in [0.05, 0.1) is 10.9 Å². The number of hydrogen-bond donors (Lipinski definition) is 2. The van der Waals surface area contributed by atoms with Crippen LogP contribution in [0.15, 0.2) is 12.1 Å². The van der Waals surface area contributed by atoms with Crippen molar-refractivity contribution in [1.29, 1.82) is 0 Å². The summed E-state index contributed by atoms with van der Waals surface area (Å²) in [5, 5.41) is 0.766. The van der Waals surface area contributed by atoms with Gasteiger partial charge in [-0.2, -0.15) is 4.98 Å². The number of ether oxygens (including phenoxy) is 1. The minimum absolute atomic E-state index is 0.187. The minimum Gasteiger partial charge on any atom is -0.486 e. The first kappa shape index (κ1) is 10.1. The van der Waals surface area contributed by atoms with E-state index in [4.69, 9.17) is 16.2 Å². The van der Waals surface area contributed by atoms with Crippen LogP contribution in [0.5, 0.6) is 5.75 Å². The van der Waals surface area contributed by atoms with Crippen LogP contribution >= 0.6 is 0 Å². The zero-order valence-corrected chi connectivity index (χ0v) is 9.82. The molecule has 5 heteroatoms. The van der Waals surface area contributed by atoms with Crippen LogP contribution < -0.4 is 16.2 Å². The minimum atomic E-state index is -0.204. The van der Waals surface area contributed by atoms with Gasteiger partial charge in [0.2, 0.25) is 5.95 Å². The number of benzene rings is 1. The fourth-order valence-corrected chi connectivity index (χ4v) is 2.31. The van der Waals surface area contributed by atoms with Crippen molar-refractivity contribution in [2.75, 3.05) is 11.5 Å². The van der Waals surface area contributed by atoms with Gasteiger partial charge in [-0.05, 0) is 25.5 Å². The number of aromatic nitrogens is 2. The van der Waals surface area contributed by atoms with E-state index in [1.165, 1.54) is 0 Å². The van der Waals surface area contributed by atoms with Crippen molar-refractivity contribution in [1.82, 2.24) is 9.97 Å². The number of fused-ring (bicyclic) bond motifs is 3. The molecule has 4 N–H and O–H groups in total. The van der Waals surface area contributed by atoms with Crippen molar-refractivity contribution in [3.8, 4) is 5.75 Å². The quantitative estimate of drug-likeness (QED) is 0.716. The number of anilines is 2. The van der Waals surface area contributed by atoms with E-state index in [1.54, 1.807) is 0 Å². The first-order chi connectivity index (χ1) is 7.96. The lowest BCUT2D eigenvalue weighted by atomic mass is 10.0. The molecule has 5 nitrogen and oxygen atoms in total. The van der Waals surface area contributed by atoms with Gasteiger partial charge in [-0.1, -0.05) is 6.07 Å². The molecule has 3 rings (SSSR count). The number of rotatable bonds is 0. The smallest absolute Gasteiger partial charge is 0.222 e. The van der Waals surface area contributed by atoms with E-state index < -0.39 is 0 Å². The van der Waals surface area contributed by atoms with Gasteiger partial charge < -0.3 is 16.2 Å². The summed E-state index contributed by atoms with van der Waals surface area (Å²) in [5.41, 5.74) is 13.2. The lowest BCUT2D eigenvalue weighted by Crippen LogP contribution is -2.24. The van der Waals surface area contributed by atoms with Crippen LogP contribution in [0.1, 0.15) is 19.4 Å². The lowest BCUT2D eigenvalue weighted by Gasteiger charge is -2.17. The molecule has 1 aromatic heterocycles. The molecular formula is C12H14N4O. The van der Waals surface area contributed by atoms with Crippen molar-refractivity contribution >= 4 is 22.7 Å². The maximum atomic E-state index is 5.93. The second kappa shape index (κ2) is 3.00. The second-order valence-corrected chi connectivity index (χ2v) is 4.95. The monoisotopic (exact) mass is 230 g/mol. The van der Waals surface area contributed by atoms with Crippen molar-refractivity contribution in [2.45, 2.75) is 25.9 Å². The Morgan fingerprint density at radius 3 is 2.76 bits per heavy atom. The molecule has 2 aromatic rings. The van der Waals surface area contributed by atoms with E-state index in [0.29, 0.717) is 5.82 Å². The van der Waals surface area contributed by atoms with Crippen molar-refractivity contribution in [3.05, 3.63) is 17.7 Å². The van der Waals surface area contributed by atoms with Gasteiger partial charge in [0.25, 0.3) is 0 Å². The largest absolute Gasteiger partial charge is 0.486 e. The van der Waals surface area contributed by atoms with Crippen molar-refractivity contribution < 1.29 is 4.74 Å². The Balaban J connectivity index is 2.34. The number of nitrogen functional groups attached to an aromatic ring is 2. The average Bonchev–Trinajstić information content (AvgIpc) is 2.50. The zero-order valence-electron chi connectivity index (χ0n) is 9.82. The molecule has 0 atom stereocenters. The Morgan fingerprint density at radius 1 is 1.24 bits per heavy atom. The van der Waals surface area contributed by atoms with Gasteiger partial charge in [-0.15, -0.1) is 0 Å². The molecule has 0 fully saturated rings. The van der Waals surface area contributed by atoms with E-state index in [9.17, 15) is 0 Å². The molecular weight excluding hydrogens is 216 g/mol. The first-order valence-corrected chi connectivity index (χ1v) is 5.50. The topological polar surface area (TPSA) is 87.0 Å². The first-order valence-electron chi connectivity index (χ1n) is 5.50. The van der Waals surface area contributed by atoms with E-state index in [-0.39, 0.29) is 11.5 Å². The maximum Gasteiger partial charge on any atom is 0.222 e. The number of hydrogen-bond acceptors (Lipinski definition) is 5. The molecule has 1 aliphatic rings. The van der Waals surface area contributed by atoms with Gasteiger partial charge in [-0.25, -0.2) is 4.98 Å². The van der Waals surface area contributed by atoms with E-state index >= 15 is 0 Å². The summed E-state index contributed by atoms with van der Waals surface area (Å²) in [6.07, 6.45) is 0.863. The van der Waals surface area contributed by atoms with Gasteiger partial charge in [0, 0.05) is 6.42 Å². The Morgan fingerprint density at radius 2 is 2.00 bits per heavy atom. The average molecular weight is 230 g/mol. The third kappa shape index (κ3) is 1.46. The highest BCUT2D eigenvalue weighted by molar-refractivity contribution is 5.96. The summed E-state index contributed by atoms with van der Waals surface area (Å²) >= 11 is 0. The summed E-state index contributed by atoms with van der Waals surface area (Å²) in [5.74, 6) is 1.36.